The first-order chi connectivity index (χ1) is 16.8. The molecule has 1 unspecified atom stereocenters. The molecule has 3 amide bonds. The number of aliphatic imine (C=N–C) groups is 1. The van der Waals surface area contributed by atoms with Crippen molar-refractivity contribution in [3.8, 4) is 0 Å². The third kappa shape index (κ3) is 5.29. The first kappa shape index (κ1) is 23.9. The van der Waals surface area contributed by atoms with Gasteiger partial charge in [-0.25, -0.2) is 19.2 Å². The van der Waals surface area contributed by atoms with Gasteiger partial charge in [-0.15, -0.1) is 0 Å². The predicted molar refractivity (Wildman–Crippen MR) is 132 cm³/mol. The number of carbonyl (C=O) groups is 2. The van der Waals surface area contributed by atoms with E-state index in [-0.39, 0.29) is 17.0 Å². The van der Waals surface area contributed by atoms with Crippen molar-refractivity contribution >= 4 is 34.9 Å². The Labute approximate surface area is 205 Å². The number of carbonyl (C=O) groups excluding carboxylic acids is 2. The number of benzene rings is 2. The molecular weight excluding hydrogens is 471 g/mol. The molecule has 1 aliphatic heterocycles. The van der Waals surface area contributed by atoms with E-state index in [0.717, 1.165) is 9.96 Å². The molecule has 2 aliphatic rings. The number of rotatable bonds is 4. The van der Waals surface area contributed by atoms with Crippen LogP contribution in [0.25, 0.3) is 0 Å². The molecule has 7 nitrogen and oxygen atoms in total. The number of nitrogens with two attached hydrogens (primary N) is 1. The van der Waals surface area contributed by atoms with Gasteiger partial charge in [-0.3, -0.25) is 14.9 Å². The van der Waals surface area contributed by atoms with Crippen LogP contribution in [0.4, 0.5) is 14.9 Å². The van der Waals surface area contributed by atoms with Crippen LogP contribution >= 0.6 is 11.6 Å². The van der Waals surface area contributed by atoms with Gasteiger partial charge in [0, 0.05) is 28.0 Å². The second kappa shape index (κ2) is 10.3. The van der Waals surface area contributed by atoms with Crippen molar-refractivity contribution in [2.75, 3.05) is 4.90 Å². The molecule has 0 saturated heterocycles. The molecule has 0 radical (unpaired) electrons. The van der Waals surface area contributed by atoms with Crippen LogP contribution in [0.15, 0.2) is 114 Å². The molecule has 2 aromatic rings. The summed E-state index contributed by atoms with van der Waals surface area (Å²) in [7, 11) is 0. The molecule has 35 heavy (non-hydrogen) atoms. The van der Waals surface area contributed by atoms with Gasteiger partial charge in [-0.05, 0) is 54.6 Å². The van der Waals surface area contributed by atoms with Crippen molar-refractivity contribution in [1.82, 2.24) is 5.06 Å². The van der Waals surface area contributed by atoms with Crippen molar-refractivity contribution in [1.29, 1.82) is 0 Å². The fourth-order valence-electron chi connectivity index (χ4n) is 3.64. The lowest BCUT2D eigenvalue weighted by Gasteiger charge is -2.29. The van der Waals surface area contributed by atoms with E-state index in [4.69, 9.17) is 17.3 Å². The summed E-state index contributed by atoms with van der Waals surface area (Å²) in [5.74, 6) is -1.48. The van der Waals surface area contributed by atoms with E-state index in [1.54, 1.807) is 48.6 Å². The molecule has 2 aromatic carbocycles. The van der Waals surface area contributed by atoms with Gasteiger partial charge in [-0.1, -0.05) is 48.0 Å². The normalized spacial score (nSPS) is 15.4. The van der Waals surface area contributed by atoms with Crippen molar-refractivity contribution in [3.05, 3.63) is 125 Å². The summed E-state index contributed by atoms with van der Waals surface area (Å²) in [6.07, 6.45) is 13.2. The molecular formula is C26H20ClFN4O3. The van der Waals surface area contributed by atoms with E-state index in [1.165, 1.54) is 48.7 Å². The van der Waals surface area contributed by atoms with Crippen LogP contribution in [0.1, 0.15) is 11.6 Å². The Bertz CT molecular complexity index is 1320. The van der Waals surface area contributed by atoms with Crippen molar-refractivity contribution in [3.63, 3.8) is 0 Å². The summed E-state index contributed by atoms with van der Waals surface area (Å²) < 4.78 is 14.8. The van der Waals surface area contributed by atoms with E-state index in [9.17, 15) is 19.2 Å². The first-order valence-corrected chi connectivity index (χ1v) is 10.9. The first-order valence-electron chi connectivity index (χ1n) is 10.5. The van der Waals surface area contributed by atoms with Crippen LogP contribution in [-0.4, -0.2) is 27.9 Å². The SMILES string of the molecule is NC(=O)N(c1ccc(Cl)cc1)C(C(=O)N=C1C=CC(=C2C=CC=CN2O)C=C1)c1ccccc1F. The molecule has 9 heteroatoms. The Morgan fingerprint density at radius 2 is 1.69 bits per heavy atom. The topological polar surface area (TPSA) is 99.2 Å². The van der Waals surface area contributed by atoms with Gasteiger partial charge in [0.05, 0.1) is 11.4 Å². The molecule has 1 heterocycles. The predicted octanol–water partition coefficient (Wildman–Crippen LogP) is 5.23. The van der Waals surface area contributed by atoms with E-state index in [0.29, 0.717) is 16.3 Å². The molecule has 3 N–H and O–H groups in total. The van der Waals surface area contributed by atoms with Gasteiger partial charge >= 0.3 is 6.03 Å². The standard InChI is InChI=1S/C26H20ClFN4O3/c27-18-10-14-20(15-11-18)32(26(29)34)24(21-5-1-2-6-22(21)28)25(33)30-19-12-8-17(9-13-19)23-7-3-4-16-31(23)35/h1-16,24,35H,(H2,29,34). The molecule has 176 valence electrons. The number of primary amides is 1. The lowest BCUT2D eigenvalue weighted by Crippen LogP contribution is -2.42. The Balaban J connectivity index is 1.72. The summed E-state index contributed by atoms with van der Waals surface area (Å²) in [4.78, 5) is 31.0. The third-order valence-electron chi connectivity index (χ3n) is 5.28. The zero-order valence-electron chi connectivity index (χ0n) is 18.3. The molecule has 0 bridgehead atoms. The molecule has 1 aliphatic carbocycles. The van der Waals surface area contributed by atoms with Crippen LogP contribution < -0.4 is 10.6 Å². The maximum atomic E-state index is 14.8. The molecule has 1 atom stereocenters. The van der Waals surface area contributed by atoms with E-state index < -0.39 is 23.8 Å². The van der Waals surface area contributed by atoms with Crippen molar-refractivity contribution in [2.45, 2.75) is 6.04 Å². The minimum Gasteiger partial charge on any atom is -0.351 e. The number of nitrogens with zero attached hydrogens (tertiary/aromatic N) is 3. The Hall–Kier alpha value is -4.27. The second-order valence-electron chi connectivity index (χ2n) is 7.54. The van der Waals surface area contributed by atoms with Crippen molar-refractivity contribution in [2.24, 2.45) is 10.7 Å². The smallest absolute Gasteiger partial charge is 0.320 e. The van der Waals surface area contributed by atoms with E-state index in [2.05, 4.69) is 4.99 Å². The van der Waals surface area contributed by atoms with Gasteiger partial charge in [0.25, 0.3) is 5.91 Å². The fraction of sp³-hybridized carbons (Fsp3) is 0.0385. The summed E-state index contributed by atoms with van der Waals surface area (Å²) in [6, 6.07) is 9.28. The molecule has 4 rings (SSSR count). The summed E-state index contributed by atoms with van der Waals surface area (Å²) in [6.45, 7) is 0. The monoisotopic (exact) mass is 490 g/mol. The highest BCUT2D eigenvalue weighted by Crippen LogP contribution is 2.31. The van der Waals surface area contributed by atoms with Crippen LogP contribution in [0.2, 0.25) is 5.02 Å². The summed E-state index contributed by atoms with van der Waals surface area (Å²) in [5, 5.41) is 11.4. The van der Waals surface area contributed by atoms with Crippen LogP contribution in [0.3, 0.4) is 0 Å². The minimum atomic E-state index is -1.46. The van der Waals surface area contributed by atoms with E-state index in [1.807, 2.05) is 0 Å². The fourth-order valence-corrected chi connectivity index (χ4v) is 3.77. The molecule has 0 saturated carbocycles. The largest absolute Gasteiger partial charge is 0.351 e. The Morgan fingerprint density at radius 1 is 1.00 bits per heavy atom. The van der Waals surface area contributed by atoms with Gasteiger partial charge in [0.15, 0.2) is 0 Å². The quantitative estimate of drug-likeness (QED) is 0.613. The lowest BCUT2D eigenvalue weighted by molar-refractivity contribution is -0.119. The van der Waals surface area contributed by atoms with Crippen LogP contribution in [0, 0.1) is 5.82 Å². The zero-order chi connectivity index (χ0) is 24.9. The van der Waals surface area contributed by atoms with Crippen LogP contribution in [-0.2, 0) is 4.79 Å². The lowest BCUT2D eigenvalue weighted by atomic mass is 10.0. The number of urea groups is 1. The maximum absolute atomic E-state index is 14.8. The summed E-state index contributed by atoms with van der Waals surface area (Å²) in [5.41, 5.74) is 7.34. The number of amides is 3. The van der Waals surface area contributed by atoms with E-state index >= 15 is 0 Å². The number of hydroxylamine groups is 2. The average Bonchev–Trinajstić information content (AvgIpc) is 2.84. The number of allylic oxidation sites excluding steroid dienone is 8. The number of halogens is 2. The molecule has 0 aromatic heterocycles. The Kier molecular flexibility index (Phi) is 7.05. The van der Waals surface area contributed by atoms with Crippen molar-refractivity contribution < 1.29 is 19.2 Å². The van der Waals surface area contributed by atoms with Gasteiger partial charge < -0.3 is 5.73 Å². The zero-order valence-corrected chi connectivity index (χ0v) is 19.0. The number of anilines is 1. The Morgan fingerprint density at radius 3 is 2.31 bits per heavy atom. The summed E-state index contributed by atoms with van der Waals surface area (Å²) >= 11 is 5.96. The van der Waals surface area contributed by atoms with Gasteiger partial charge in [0.1, 0.15) is 11.9 Å². The molecule has 0 spiro atoms. The molecule has 0 fully saturated rings. The van der Waals surface area contributed by atoms with Gasteiger partial charge in [0.2, 0.25) is 0 Å². The second-order valence-corrected chi connectivity index (χ2v) is 7.97. The maximum Gasteiger partial charge on any atom is 0.320 e. The average molecular weight is 491 g/mol. The minimum absolute atomic E-state index is 0.0581. The highest BCUT2D eigenvalue weighted by atomic mass is 35.5. The number of hydrogen-bond donors (Lipinski definition) is 2. The van der Waals surface area contributed by atoms with Gasteiger partial charge in [-0.2, -0.15) is 0 Å². The number of hydrogen-bond acceptors (Lipinski definition) is 4. The third-order valence-corrected chi connectivity index (χ3v) is 5.53. The van der Waals surface area contributed by atoms with Crippen LogP contribution in [0.5, 0.6) is 0 Å². The highest BCUT2D eigenvalue weighted by molar-refractivity contribution is 6.30. The highest BCUT2D eigenvalue weighted by Gasteiger charge is 2.33.